The molecule has 0 atom stereocenters. The Bertz CT molecular complexity index is 840. The lowest BCUT2D eigenvalue weighted by Crippen LogP contribution is -2.14. The molecule has 4 nitrogen and oxygen atoms in total. The monoisotopic (exact) mass is 279 g/mol. The highest BCUT2D eigenvalue weighted by Gasteiger charge is 2.11. The third-order valence-corrected chi connectivity index (χ3v) is 3.54. The fourth-order valence-electron chi connectivity index (χ4n) is 2.46. The number of aromatic amines is 1. The Hall–Kier alpha value is -2.62. The average Bonchev–Trinajstić information content (AvgIpc) is 2.68. The Morgan fingerprint density at radius 1 is 1.29 bits per heavy atom. The van der Waals surface area contributed by atoms with E-state index in [0.29, 0.717) is 16.7 Å². The maximum Gasteiger partial charge on any atom is 0.259 e. The van der Waals surface area contributed by atoms with Crippen LogP contribution in [-0.4, -0.2) is 17.0 Å². The van der Waals surface area contributed by atoms with E-state index in [-0.39, 0.29) is 5.56 Å². The molecule has 0 unspecified atom stereocenters. The highest BCUT2D eigenvalue weighted by Crippen LogP contribution is 2.22. The zero-order valence-electron chi connectivity index (χ0n) is 12.1. The number of fused-ring (bicyclic) bond motifs is 1. The Kier molecular flexibility index (Phi) is 3.44. The zero-order valence-corrected chi connectivity index (χ0v) is 12.1. The molecule has 0 amide bonds. The summed E-state index contributed by atoms with van der Waals surface area (Å²) in [5.74, 6) is 0.588. The van der Waals surface area contributed by atoms with Gasteiger partial charge >= 0.3 is 0 Å². The maximum absolute atomic E-state index is 12.2. The highest BCUT2D eigenvalue weighted by atomic mass is 16.1. The maximum atomic E-state index is 12.2. The number of allylic oxidation sites excluding steroid dienone is 5. The molecule has 2 aromatic rings. The van der Waals surface area contributed by atoms with Gasteiger partial charge in [-0.2, -0.15) is 0 Å². The molecule has 0 radical (unpaired) electrons. The molecule has 1 aromatic carbocycles. The van der Waals surface area contributed by atoms with Gasteiger partial charge in [-0.1, -0.05) is 29.9 Å². The lowest BCUT2D eigenvalue weighted by atomic mass is 10.1. The van der Waals surface area contributed by atoms with Gasteiger partial charge in [-0.25, -0.2) is 4.98 Å². The summed E-state index contributed by atoms with van der Waals surface area (Å²) in [6, 6.07) is 7.37. The number of H-pyrrole nitrogens is 1. The molecule has 0 bridgehead atoms. The van der Waals surface area contributed by atoms with Crippen LogP contribution in [0.15, 0.2) is 58.6 Å². The smallest absolute Gasteiger partial charge is 0.259 e. The molecule has 4 heteroatoms. The Labute approximate surface area is 122 Å². The van der Waals surface area contributed by atoms with Gasteiger partial charge in [-0.15, -0.1) is 0 Å². The quantitative estimate of drug-likeness (QED) is 0.888. The van der Waals surface area contributed by atoms with E-state index < -0.39 is 0 Å². The molecule has 106 valence electrons. The van der Waals surface area contributed by atoms with Crippen molar-refractivity contribution >= 4 is 16.5 Å². The Morgan fingerprint density at radius 2 is 2.10 bits per heavy atom. The van der Waals surface area contributed by atoms with Crippen molar-refractivity contribution in [2.24, 2.45) is 0 Å². The average molecular weight is 279 g/mol. The predicted octanol–water partition coefficient (Wildman–Crippen LogP) is 2.76. The van der Waals surface area contributed by atoms with E-state index in [1.54, 1.807) is 6.07 Å². The van der Waals surface area contributed by atoms with E-state index in [0.717, 1.165) is 17.7 Å². The van der Waals surface area contributed by atoms with Gasteiger partial charge in [-0.3, -0.25) is 4.79 Å². The van der Waals surface area contributed by atoms with Crippen LogP contribution in [0, 0.1) is 0 Å². The number of aromatic nitrogens is 2. The van der Waals surface area contributed by atoms with Crippen LogP contribution in [0.25, 0.3) is 16.5 Å². The largest absolute Gasteiger partial charge is 0.388 e. The SMILES string of the molecule is CNC1=C(c2nc3ccccc3c(=O)[nH]2)C=CCC(C)=C1. The highest BCUT2D eigenvalue weighted by molar-refractivity contribution is 5.81. The third kappa shape index (κ3) is 2.52. The second-order valence-corrected chi connectivity index (χ2v) is 5.11. The summed E-state index contributed by atoms with van der Waals surface area (Å²) < 4.78 is 0. The summed E-state index contributed by atoms with van der Waals surface area (Å²) in [6.07, 6.45) is 7.07. The fraction of sp³-hybridized carbons (Fsp3) is 0.176. The first-order valence-corrected chi connectivity index (χ1v) is 6.94. The number of likely N-dealkylation sites (N-methyl/N-ethyl adjacent to an activating group) is 1. The number of benzene rings is 1. The van der Waals surface area contributed by atoms with Gasteiger partial charge in [-0.05, 0) is 31.6 Å². The molecule has 2 N–H and O–H groups in total. The molecule has 0 saturated heterocycles. The summed E-state index contributed by atoms with van der Waals surface area (Å²) in [6.45, 7) is 2.08. The lowest BCUT2D eigenvalue weighted by Gasteiger charge is -2.09. The molecule has 1 aromatic heterocycles. The number of rotatable bonds is 2. The molecule has 1 aliphatic rings. The Balaban J connectivity index is 2.26. The minimum Gasteiger partial charge on any atom is -0.388 e. The van der Waals surface area contributed by atoms with Gasteiger partial charge in [0.05, 0.1) is 10.9 Å². The molecule has 1 heterocycles. The van der Waals surface area contributed by atoms with E-state index in [1.807, 2.05) is 31.3 Å². The van der Waals surface area contributed by atoms with Gasteiger partial charge in [0.25, 0.3) is 5.56 Å². The van der Waals surface area contributed by atoms with Crippen molar-refractivity contribution in [1.82, 2.24) is 15.3 Å². The second kappa shape index (κ2) is 5.40. The standard InChI is InChI=1S/C17H17N3O/c1-11-6-5-8-12(15(10-11)18-2)16-19-14-9-4-3-7-13(14)17(21)20-16/h3-5,7-10,18H,6H2,1-2H3,(H,19,20,21). The van der Waals surface area contributed by atoms with E-state index in [4.69, 9.17) is 0 Å². The zero-order chi connectivity index (χ0) is 14.8. The van der Waals surface area contributed by atoms with Crippen molar-refractivity contribution in [3.8, 4) is 0 Å². The molecule has 0 spiro atoms. The molecular weight excluding hydrogens is 262 g/mol. The first-order chi connectivity index (χ1) is 10.2. The van der Waals surface area contributed by atoms with E-state index in [2.05, 4.69) is 34.4 Å². The van der Waals surface area contributed by atoms with Gasteiger partial charge in [0.2, 0.25) is 0 Å². The molecule has 3 rings (SSSR count). The minimum atomic E-state index is -0.114. The minimum absolute atomic E-state index is 0.114. The van der Waals surface area contributed by atoms with E-state index in [9.17, 15) is 4.79 Å². The summed E-state index contributed by atoms with van der Waals surface area (Å²) in [7, 11) is 1.87. The summed E-state index contributed by atoms with van der Waals surface area (Å²) in [5, 5.41) is 3.79. The second-order valence-electron chi connectivity index (χ2n) is 5.11. The number of nitrogens with one attached hydrogen (secondary N) is 2. The molecule has 0 fully saturated rings. The van der Waals surface area contributed by atoms with Crippen LogP contribution < -0.4 is 10.9 Å². The van der Waals surface area contributed by atoms with Crippen LogP contribution >= 0.6 is 0 Å². The first-order valence-electron chi connectivity index (χ1n) is 6.94. The van der Waals surface area contributed by atoms with Crippen molar-refractivity contribution in [2.45, 2.75) is 13.3 Å². The van der Waals surface area contributed by atoms with Crippen LogP contribution in [0.2, 0.25) is 0 Å². The topological polar surface area (TPSA) is 57.8 Å². The van der Waals surface area contributed by atoms with Crippen molar-refractivity contribution in [3.05, 3.63) is 69.9 Å². The molecule has 1 aliphatic carbocycles. The van der Waals surface area contributed by atoms with Crippen molar-refractivity contribution in [2.75, 3.05) is 7.05 Å². The molecule has 0 saturated carbocycles. The molecule has 21 heavy (non-hydrogen) atoms. The normalized spacial score (nSPS) is 15.0. The number of para-hydroxylation sites is 1. The number of hydrogen-bond acceptors (Lipinski definition) is 3. The number of nitrogens with zero attached hydrogens (tertiary/aromatic N) is 1. The Morgan fingerprint density at radius 3 is 2.90 bits per heavy atom. The van der Waals surface area contributed by atoms with Crippen LogP contribution in [0.3, 0.4) is 0 Å². The summed E-state index contributed by atoms with van der Waals surface area (Å²) in [4.78, 5) is 19.7. The lowest BCUT2D eigenvalue weighted by molar-refractivity contribution is 1.02. The van der Waals surface area contributed by atoms with Crippen molar-refractivity contribution < 1.29 is 0 Å². The van der Waals surface area contributed by atoms with Crippen LogP contribution in [0.5, 0.6) is 0 Å². The van der Waals surface area contributed by atoms with E-state index in [1.165, 1.54) is 5.57 Å². The van der Waals surface area contributed by atoms with Gasteiger partial charge in [0, 0.05) is 18.3 Å². The predicted molar refractivity (Wildman–Crippen MR) is 85.9 cm³/mol. The van der Waals surface area contributed by atoms with Crippen LogP contribution in [-0.2, 0) is 0 Å². The molecule has 0 aliphatic heterocycles. The van der Waals surface area contributed by atoms with Gasteiger partial charge < -0.3 is 10.3 Å². The van der Waals surface area contributed by atoms with Crippen LogP contribution in [0.4, 0.5) is 0 Å². The summed E-state index contributed by atoms with van der Waals surface area (Å²) >= 11 is 0. The molecular formula is C17H17N3O. The summed E-state index contributed by atoms with van der Waals surface area (Å²) in [5.41, 5.74) is 3.71. The van der Waals surface area contributed by atoms with Crippen LogP contribution in [0.1, 0.15) is 19.2 Å². The van der Waals surface area contributed by atoms with E-state index >= 15 is 0 Å². The van der Waals surface area contributed by atoms with Gasteiger partial charge in [0.15, 0.2) is 0 Å². The third-order valence-electron chi connectivity index (χ3n) is 3.54. The number of hydrogen-bond donors (Lipinski definition) is 2. The van der Waals surface area contributed by atoms with Gasteiger partial charge in [0.1, 0.15) is 5.82 Å². The fourth-order valence-corrected chi connectivity index (χ4v) is 2.46. The first kappa shape index (κ1) is 13.4. The van der Waals surface area contributed by atoms with Crippen molar-refractivity contribution in [1.29, 1.82) is 0 Å². The van der Waals surface area contributed by atoms with Crippen molar-refractivity contribution in [3.63, 3.8) is 0 Å².